The highest BCUT2D eigenvalue weighted by Gasteiger charge is 2.73. The third-order valence-electron chi connectivity index (χ3n) is 7.30. The van der Waals surface area contributed by atoms with Crippen LogP contribution >= 0.6 is 0 Å². The largest absolute Gasteiger partial charge is 0.496 e. The molecule has 3 aliphatic rings. The molecule has 5 heteroatoms. The molecule has 0 radical (unpaired) electrons. The Morgan fingerprint density at radius 3 is 2.41 bits per heavy atom. The Labute approximate surface area is 172 Å². The Morgan fingerprint density at radius 1 is 1.10 bits per heavy atom. The Bertz CT molecular complexity index is 924. The molecule has 2 aromatic rings. The summed E-state index contributed by atoms with van der Waals surface area (Å²) in [5, 5.41) is 3.38. The first-order chi connectivity index (χ1) is 14.0. The molecular weight excluding hydrogens is 364 g/mol. The Hall–Kier alpha value is -2.53. The quantitative estimate of drug-likeness (QED) is 0.809. The number of rotatable bonds is 6. The number of carbonyl (C=O) groups excluding carboxylic acids is 1. The summed E-state index contributed by atoms with van der Waals surface area (Å²) in [5.74, 6) is 0.899. The van der Waals surface area contributed by atoms with E-state index in [2.05, 4.69) is 41.4 Å². The van der Waals surface area contributed by atoms with E-state index >= 15 is 0 Å². The predicted octanol–water partition coefficient (Wildman–Crippen LogP) is 3.94. The Balaban J connectivity index is 1.52. The maximum Gasteiger partial charge on any atom is 0.259 e. The average Bonchev–Trinajstić information content (AvgIpc) is 2.88. The van der Waals surface area contributed by atoms with E-state index in [9.17, 15) is 4.79 Å². The zero-order valence-corrected chi connectivity index (χ0v) is 17.3. The second kappa shape index (κ2) is 6.49. The number of amides is 1. The number of benzene rings is 2. The van der Waals surface area contributed by atoms with Gasteiger partial charge in [-0.15, -0.1) is 0 Å². The highest BCUT2D eigenvalue weighted by molar-refractivity contribution is 6.00. The van der Waals surface area contributed by atoms with Gasteiger partial charge in [0.15, 0.2) is 0 Å². The summed E-state index contributed by atoms with van der Waals surface area (Å²) in [6.07, 6.45) is 4.74. The monoisotopic (exact) mass is 392 g/mol. The minimum atomic E-state index is -0.153. The summed E-state index contributed by atoms with van der Waals surface area (Å²) >= 11 is 0. The molecule has 3 aliphatic heterocycles. The van der Waals surface area contributed by atoms with Gasteiger partial charge in [-0.2, -0.15) is 0 Å². The number of nitrogens with zero attached hydrogens (tertiary/aromatic N) is 1. The SMILES string of the molecule is COc1cccc(OC)c1C(=O)NC(c1ccccc1)C12CCC3CC(C)(C1)N32. The fraction of sp³-hybridized carbons (Fsp3) is 0.458. The molecule has 4 atom stereocenters. The van der Waals surface area contributed by atoms with E-state index in [1.165, 1.54) is 12.8 Å². The van der Waals surface area contributed by atoms with Crippen molar-refractivity contribution >= 4 is 5.91 Å². The normalized spacial score (nSPS) is 30.5. The lowest BCUT2D eigenvalue weighted by Crippen LogP contribution is -2.81. The lowest BCUT2D eigenvalue weighted by molar-refractivity contribution is -0.219. The van der Waals surface area contributed by atoms with Crippen LogP contribution in [0.1, 0.15) is 54.6 Å². The topological polar surface area (TPSA) is 50.8 Å². The molecule has 0 bridgehead atoms. The van der Waals surface area contributed by atoms with Crippen LogP contribution in [0.2, 0.25) is 0 Å². The van der Waals surface area contributed by atoms with Crippen LogP contribution < -0.4 is 14.8 Å². The van der Waals surface area contributed by atoms with Crippen molar-refractivity contribution in [2.75, 3.05) is 14.2 Å². The number of piperidine rings is 1. The summed E-state index contributed by atoms with van der Waals surface area (Å²) in [4.78, 5) is 16.2. The van der Waals surface area contributed by atoms with Gasteiger partial charge in [-0.25, -0.2) is 0 Å². The molecule has 3 saturated heterocycles. The van der Waals surface area contributed by atoms with Crippen LogP contribution in [0.5, 0.6) is 11.5 Å². The van der Waals surface area contributed by atoms with E-state index < -0.39 is 0 Å². The smallest absolute Gasteiger partial charge is 0.259 e. The highest BCUT2D eigenvalue weighted by atomic mass is 16.5. The van der Waals surface area contributed by atoms with Crippen molar-refractivity contribution in [3.8, 4) is 11.5 Å². The van der Waals surface area contributed by atoms with Crippen LogP contribution in [0.3, 0.4) is 0 Å². The molecule has 1 amide bonds. The molecule has 4 unspecified atom stereocenters. The third kappa shape index (κ3) is 2.53. The molecule has 3 heterocycles. The van der Waals surface area contributed by atoms with Gasteiger partial charge in [0.05, 0.1) is 20.3 Å². The van der Waals surface area contributed by atoms with Crippen molar-refractivity contribution in [3.05, 3.63) is 59.7 Å². The van der Waals surface area contributed by atoms with Crippen LogP contribution in [-0.2, 0) is 0 Å². The zero-order chi connectivity index (χ0) is 20.2. The van der Waals surface area contributed by atoms with Gasteiger partial charge >= 0.3 is 0 Å². The Kier molecular flexibility index (Phi) is 4.14. The Morgan fingerprint density at radius 2 is 1.79 bits per heavy atom. The number of carbonyl (C=O) groups is 1. The van der Waals surface area contributed by atoms with Gasteiger partial charge in [-0.05, 0) is 50.3 Å². The van der Waals surface area contributed by atoms with Gasteiger partial charge in [0.1, 0.15) is 17.1 Å². The summed E-state index contributed by atoms with van der Waals surface area (Å²) in [6, 6.07) is 16.4. The first-order valence-corrected chi connectivity index (χ1v) is 10.4. The minimum absolute atomic E-state index is 0.00390. The molecule has 0 spiro atoms. The first kappa shape index (κ1) is 18.5. The molecular formula is C24H28N2O3. The second-order valence-corrected chi connectivity index (χ2v) is 8.90. The van der Waals surface area contributed by atoms with Gasteiger partial charge in [0.2, 0.25) is 0 Å². The standard InChI is InChI=1S/C24H28N2O3/c1-23-14-17-12-13-24(15-23,26(17)23)21(16-8-5-4-6-9-16)25-22(27)20-18(28-2)10-7-11-19(20)29-3/h4-11,17,21H,12-15H2,1-3H3,(H,25,27). The van der Waals surface area contributed by atoms with Gasteiger partial charge in [-0.3, -0.25) is 9.69 Å². The van der Waals surface area contributed by atoms with Gasteiger partial charge < -0.3 is 14.8 Å². The molecule has 0 saturated carbocycles. The van der Waals surface area contributed by atoms with E-state index in [0.717, 1.165) is 18.4 Å². The summed E-state index contributed by atoms with van der Waals surface area (Å²) < 4.78 is 10.9. The number of hydrogen-bond acceptors (Lipinski definition) is 4. The molecule has 1 N–H and O–H groups in total. The first-order valence-electron chi connectivity index (χ1n) is 10.4. The molecule has 3 fully saturated rings. The zero-order valence-electron chi connectivity index (χ0n) is 17.3. The van der Waals surface area contributed by atoms with Crippen molar-refractivity contribution in [1.29, 1.82) is 0 Å². The maximum atomic E-state index is 13.5. The number of ether oxygens (including phenoxy) is 2. The van der Waals surface area contributed by atoms with Crippen LogP contribution in [0.15, 0.2) is 48.5 Å². The molecule has 152 valence electrons. The second-order valence-electron chi connectivity index (χ2n) is 8.90. The van der Waals surface area contributed by atoms with E-state index in [1.54, 1.807) is 26.4 Å². The van der Waals surface area contributed by atoms with Crippen molar-refractivity contribution in [1.82, 2.24) is 10.2 Å². The van der Waals surface area contributed by atoms with Crippen LogP contribution in [0.25, 0.3) is 0 Å². The van der Waals surface area contributed by atoms with E-state index in [1.807, 2.05) is 12.1 Å². The van der Waals surface area contributed by atoms with E-state index in [0.29, 0.717) is 28.6 Å². The van der Waals surface area contributed by atoms with Crippen molar-refractivity contribution in [3.63, 3.8) is 0 Å². The molecule has 29 heavy (non-hydrogen) atoms. The van der Waals surface area contributed by atoms with Crippen LogP contribution in [0.4, 0.5) is 0 Å². The summed E-state index contributed by atoms with van der Waals surface area (Å²) in [5.41, 5.74) is 1.92. The van der Waals surface area contributed by atoms with Crippen LogP contribution in [0, 0.1) is 0 Å². The highest BCUT2D eigenvalue weighted by Crippen LogP contribution is 2.67. The van der Waals surface area contributed by atoms with Crippen molar-refractivity contribution in [2.24, 2.45) is 0 Å². The predicted molar refractivity (Wildman–Crippen MR) is 111 cm³/mol. The van der Waals surface area contributed by atoms with Gasteiger partial charge in [-0.1, -0.05) is 36.4 Å². The average molecular weight is 392 g/mol. The maximum absolute atomic E-state index is 13.5. The van der Waals surface area contributed by atoms with Crippen LogP contribution in [-0.4, -0.2) is 42.1 Å². The molecule has 5 nitrogen and oxygen atoms in total. The lowest BCUT2D eigenvalue weighted by Gasteiger charge is -2.73. The molecule has 5 rings (SSSR count). The number of hydrogen-bond donors (Lipinski definition) is 1. The molecule has 0 aromatic heterocycles. The van der Waals surface area contributed by atoms with Crippen molar-refractivity contribution in [2.45, 2.75) is 55.8 Å². The fourth-order valence-corrected chi connectivity index (χ4v) is 6.43. The molecule has 2 aromatic carbocycles. The lowest BCUT2D eigenvalue weighted by atomic mass is 9.59. The van der Waals surface area contributed by atoms with Crippen molar-refractivity contribution < 1.29 is 14.3 Å². The minimum Gasteiger partial charge on any atom is -0.496 e. The van der Waals surface area contributed by atoms with Gasteiger partial charge in [0, 0.05) is 17.1 Å². The summed E-state index contributed by atoms with van der Waals surface area (Å²) in [7, 11) is 3.16. The molecule has 0 aliphatic carbocycles. The number of nitrogens with one attached hydrogen (secondary N) is 1. The van der Waals surface area contributed by atoms with E-state index in [-0.39, 0.29) is 17.5 Å². The number of methoxy groups -OCH3 is 2. The summed E-state index contributed by atoms with van der Waals surface area (Å²) in [6.45, 7) is 2.36. The van der Waals surface area contributed by atoms with Gasteiger partial charge in [0.25, 0.3) is 5.91 Å². The van der Waals surface area contributed by atoms with E-state index in [4.69, 9.17) is 9.47 Å². The fourth-order valence-electron chi connectivity index (χ4n) is 6.43. The third-order valence-corrected chi connectivity index (χ3v) is 7.30.